The first-order valence-corrected chi connectivity index (χ1v) is 11.9. The smallest absolute Gasteiger partial charge is 0.264 e. The zero-order chi connectivity index (χ0) is 24.8. The molecule has 3 aromatic rings. The van der Waals surface area contributed by atoms with E-state index >= 15 is 0 Å². The summed E-state index contributed by atoms with van der Waals surface area (Å²) in [6, 6.07) is 17.6. The number of amides is 1. The molecule has 182 valence electrons. The van der Waals surface area contributed by atoms with E-state index in [1.165, 1.54) is 44.7 Å². The summed E-state index contributed by atoms with van der Waals surface area (Å²) in [4.78, 5) is 12.7. The van der Waals surface area contributed by atoms with Gasteiger partial charge >= 0.3 is 0 Å². The van der Waals surface area contributed by atoms with Crippen LogP contribution >= 0.6 is 0 Å². The second-order valence-electron chi connectivity index (χ2n) is 7.26. The van der Waals surface area contributed by atoms with Gasteiger partial charge < -0.3 is 18.9 Å². The van der Waals surface area contributed by atoms with E-state index < -0.39 is 22.5 Å². The topological polar surface area (TPSA) is 116 Å². The van der Waals surface area contributed by atoms with Crippen LogP contribution in [-0.2, 0) is 14.8 Å². The highest BCUT2D eigenvalue weighted by Crippen LogP contribution is 2.33. The quantitative estimate of drug-likeness (QED) is 0.357. The molecule has 0 bridgehead atoms. The van der Waals surface area contributed by atoms with Crippen molar-refractivity contribution in [1.82, 2.24) is 5.43 Å². The number of nitrogens with zero attached hydrogens (tertiary/aromatic N) is 2. The molecule has 1 N–H and O–H groups in total. The van der Waals surface area contributed by atoms with Crippen LogP contribution in [0.2, 0.25) is 0 Å². The third-order valence-electron chi connectivity index (χ3n) is 5.09. The largest absolute Gasteiger partial charge is 0.497 e. The summed E-state index contributed by atoms with van der Waals surface area (Å²) in [7, 11) is -1.23. The molecule has 4 rings (SSSR count). The minimum Gasteiger partial charge on any atom is -0.497 e. The number of anilines is 1. The molecular formula is C24H23N3O7S. The maximum absolute atomic E-state index is 13.5. The predicted octanol–water partition coefficient (Wildman–Crippen LogP) is 2.78. The van der Waals surface area contributed by atoms with Crippen molar-refractivity contribution in [1.29, 1.82) is 0 Å². The Hall–Kier alpha value is -4.25. The van der Waals surface area contributed by atoms with E-state index in [1.807, 2.05) is 0 Å². The summed E-state index contributed by atoms with van der Waals surface area (Å²) in [6.07, 6.45) is 1.42. The number of methoxy groups -OCH3 is 2. The summed E-state index contributed by atoms with van der Waals surface area (Å²) in [5.74, 6) is 1.35. The Morgan fingerprint density at radius 2 is 1.77 bits per heavy atom. The van der Waals surface area contributed by atoms with Crippen LogP contribution in [0.4, 0.5) is 5.69 Å². The number of hydrazone groups is 1. The minimum absolute atomic E-state index is 0.0131. The highest BCUT2D eigenvalue weighted by molar-refractivity contribution is 7.92. The number of para-hydroxylation sites is 2. The molecule has 0 unspecified atom stereocenters. The van der Waals surface area contributed by atoms with Crippen LogP contribution in [0.3, 0.4) is 0 Å². The van der Waals surface area contributed by atoms with Crippen LogP contribution in [0.15, 0.2) is 76.7 Å². The second kappa shape index (κ2) is 10.3. The van der Waals surface area contributed by atoms with Gasteiger partial charge in [-0.3, -0.25) is 9.10 Å². The molecule has 3 aromatic carbocycles. The molecular weight excluding hydrogens is 474 g/mol. The Morgan fingerprint density at radius 1 is 1.03 bits per heavy atom. The first-order valence-electron chi connectivity index (χ1n) is 10.4. The maximum atomic E-state index is 13.5. The van der Waals surface area contributed by atoms with Crippen molar-refractivity contribution in [3.05, 3.63) is 72.3 Å². The number of hydrogen-bond acceptors (Lipinski definition) is 8. The van der Waals surface area contributed by atoms with Gasteiger partial charge in [0.05, 0.1) is 31.0 Å². The second-order valence-corrected chi connectivity index (χ2v) is 9.13. The summed E-state index contributed by atoms with van der Waals surface area (Å²) in [5.41, 5.74) is 3.25. The van der Waals surface area contributed by atoms with E-state index in [0.29, 0.717) is 28.6 Å². The summed E-state index contributed by atoms with van der Waals surface area (Å²) in [5, 5.41) is 3.94. The molecule has 0 fully saturated rings. The fourth-order valence-corrected chi connectivity index (χ4v) is 4.78. The van der Waals surface area contributed by atoms with E-state index in [1.54, 1.807) is 42.5 Å². The fourth-order valence-electron chi connectivity index (χ4n) is 3.35. The lowest BCUT2D eigenvalue weighted by atomic mass is 10.2. The van der Waals surface area contributed by atoms with Crippen molar-refractivity contribution in [2.75, 3.05) is 31.9 Å². The molecule has 0 radical (unpaired) electrons. The number of benzene rings is 3. The van der Waals surface area contributed by atoms with Gasteiger partial charge in [0.15, 0.2) is 11.5 Å². The van der Waals surface area contributed by atoms with Gasteiger partial charge in [0.2, 0.25) is 6.79 Å². The van der Waals surface area contributed by atoms with Gasteiger partial charge in [0.25, 0.3) is 15.9 Å². The van der Waals surface area contributed by atoms with Gasteiger partial charge in [0.1, 0.15) is 18.0 Å². The number of sulfonamides is 1. The first-order chi connectivity index (χ1) is 16.9. The van der Waals surface area contributed by atoms with Crippen molar-refractivity contribution in [2.24, 2.45) is 5.10 Å². The lowest BCUT2D eigenvalue weighted by molar-refractivity contribution is -0.119. The molecule has 1 aliphatic rings. The van der Waals surface area contributed by atoms with E-state index in [4.69, 9.17) is 18.9 Å². The molecule has 35 heavy (non-hydrogen) atoms. The van der Waals surface area contributed by atoms with Gasteiger partial charge in [-0.15, -0.1) is 0 Å². The van der Waals surface area contributed by atoms with Gasteiger partial charge in [-0.2, -0.15) is 5.10 Å². The van der Waals surface area contributed by atoms with E-state index in [0.717, 1.165) is 4.31 Å². The molecule has 10 nitrogen and oxygen atoms in total. The normalized spacial score (nSPS) is 12.4. The van der Waals surface area contributed by atoms with Crippen LogP contribution in [0, 0.1) is 0 Å². The lowest BCUT2D eigenvalue weighted by Crippen LogP contribution is -2.39. The van der Waals surface area contributed by atoms with Crippen LogP contribution in [0.25, 0.3) is 0 Å². The van der Waals surface area contributed by atoms with Gasteiger partial charge in [-0.25, -0.2) is 13.8 Å². The highest BCUT2D eigenvalue weighted by atomic mass is 32.2. The third-order valence-corrected chi connectivity index (χ3v) is 6.86. The average Bonchev–Trinajstić information content (AvgIpc) is 3.35. The SMILES string of the molecule is COc1ccc(S(=O)(=O)N(CC(=O)N/N=C\c2ccc3c(c2)OCO3)c2ccccc2OC)cc1. The van der Waals surface area contributed by atoms with Crippen molar-refractivity contribution >= 4 is 27.8 Å². The highest BCUT2D eigenvalue weighted by Gasteiger charge is 2.29. The number of fused-ring (bicyclic) bond motifs is 1. The summed E-state index contributed by atoms with van der Waals surface area (Å²) < 4.78 is 49.1. The number of nitrogens with one attached hydrogen (secondary N) is 1. The monoisotopic (exact) mass is 497 g/mol. The van der Waals surface area contributed by atoms with Gasteiger partial charge in [-0.05, 0) is 60.2 Å². The molecule has 0 spiro atoms. The Balaban J connectivity index is 1.57. The number of carbonyl (C=O) groups excluding carboxylic acids is 1. The first kappa shape index (κ1) is 23.9. The molecule has 0 aliphatic carbocycles. The average molecular weight is 498 g/mol. The molecule has 1 heterocycles. The maximum Gasteiger partial charge on any atom is 0.264 e. The van der Waals surface area contributed by atoms with Gasteiger partial charge in [-0.1, -0.05) is 12.1 Å². The zero-order valence-corrected chi connectivity index (χ0v) is 19.8. The molecule has 1 aliphatic heterocycles. The molecule has 11 heteroatoms. The third kappa shape index (κ3) is 5.30. The minimum atomic E-state index is -4.14. The van der Waals surface area contributed by atoms with Crippen molar-refractivity contribution in [2.45, 2.75) is 4.90 Å². The molecule has 0 saturated heterocycles. The van der Waals surface area contributed by atoms with Crippen molar-refractivity contribution in [3.63, 3.8) is 0 Å². The Kier molecular flexibility index (Phi) is 7.06. The van der Waals surface area contributed by atoms with Crippen LogP contribution < -0.4 is 28.7 Å². The Labute approximate surface area is 202 Å². The van der Waals surface area contributed by atoms with Crippen LogP contribution in [0.1, 0.15) is 5.56 Å². The molecule has 0 atom stereocenters. The summed E-state index contributed by atoms with van der Waals surface area (Å²) >= 11 is 0. The number of rotatable bonds is 9. The van der Waals surface area contributed by atoms with E-state index in [-0.39, 0.29) is 17.4 Å². The van der Waals surface area contributed by atoms with E-state index in [9.17, 15) is 13.2 Å². The van der Waals surface area contributed by atoms with Crippen LogP contribution in [0.5, 0.6) is 23.0 Å². The molecule has 1 amide bonds. The number of carbonyl (C=O) groups is 1. The van der Waals surface area contributed by atoms with Crippen molar-refractivity contribution < 1.29 is 32.2 Å². The standard InChI is InChI=1S/C24H23N3O7S/c1-31-18-8-10-19(11-9-18)35(29,30)27(20-5-3-4-6-21(20)32-2)15-24(28)26-25-14-17-7-12-22-23(13-17)34-16-33-22/h3-14H,15-16H2,1-2H3,(H,26,28)/b25-14-. The predicted molar refractivity (Wildman–Crippen MR) is 129 cm³/mol. The fraction of sp³-hybridized carbons (Fsp3) is 0.167. The lowest BCUT2D eigenvalue weighted by Gasteiger charge is -2.25. The summed E-state index contributed by atoms with van der Waals surface area (Å²) in [6.45, 7) is -0.388. The number of ether oxygens (including phenoxy) is 4. The van der Waals surface area contributed by atoms with Crippen molar-refractivity contribution in [3.8, 4) is 23.0 Å². The van der Waals surface area contributed by atoms with Gasteiger partial charge in [0, 0.05) is 0 Å². The zero-order valence-electron chi connectivity index (χ0n) is 19.0. The Morgan fingerprint density at radius 3 is 2.51 bits per heavy atom. The molecule has 0 saturated carbocycles. The Bertz CT molecular complexity index is 1340. The van der Waals surface area contributed by atoms with E-state index in [2.05, 4.69) is 10.5 Å². The molecule has 0 aromatic heterocycles. The van der Waals surface area contributed by atoms with Crippen LogP contribution in [-0.4, -0.2) is 48.1 Å². The number of hydrogen-bond donors (Lipinski definition) is 1.